The van der Waals surface area contributed by atoms with Gasteiger partial charge in [0.25, 0.3) is 0 Å². The van der Waals surface area contributed by atoms with Crippen molar-refractivity contribution >= 4 is 21.9 Å². The first-order valence-corrected chi connectivity index (χ1v) is 13.6. The molecule has 0 radical (unpaired) electrons. The summed E-state index contributed by atoms with van der Waals surface area (Å²) < 4.78 is 83.3. The second-order valence-corrected chi connectivity index (χ2v) is 11.8. The number of ether oxygens (including phenoxy) is 3. The van der Waals surface area contributed by atoms with E-state index in [-0.39, 0.29) is 42.7 Å². The smallest absolute Gasteiger partial charge is 0.310 e. The molecule has 1 atom stereocenters. The topological polar surface area (TPSA) is 94.6 Å². The van der Waals surface area contributed by atoms with Crippen LogP contribution in [0.5, 0.6) is 0 Å². The van der Waals surface area contributed by atoms with Crippen LogP contribution in [0.15, 0.2) is 29.2 Å². The highest BCUT2D eigenvalue weighted by Crippen LogP contribution is 3.02. The Kier molecular flexibility index (Phi) is 6.71. The maximum Gasteiger partial charge on any atom is 0.310 e. The van der Waals surface area contributed by atoms with Gasteiger partial charge in [-0.1, -0.05) is 31.6 Å². The van der Waals surface area contributed by atoms with Crippen LogP contribution in [0.4, 0.5) is 25.2 Å². The molecule has 8 nitrogen and oxygen atoms in total. The third-order valence-electron chi connectivity index (χ3n) is 6.16. The van der Waals surface area contributed by atoms with Gasteiger partial charge in [-0.05, 0) is 44.4 Å². The number of anilines is 1. The molecule has 37 heavy (non-hydrogen) atoms. The summed E-state index contributed by atoms with van der Waals surface area (Å²) in [7, 11) is -8.30. The molecule has 1 amide bonds. The first-order valence-electron chi connectivity index (χ1n) is 11.6. The molecule has 14 heteroatoms. The van der Waals surface area contributed by atoms with Crippen LogP contribution in [-0.4, -0.2) is 48.3 Å². The molecule has 0 bridgehead atoms. The number of rotatable bonds is 10. The van der Waals surface area contributed by atoms with Gasteiger partial charge < -0.3 is 24.8 Å². The van der Waals surface area contributed by atoms with E-state index in [4.69, 9.17) is 14.2 Å². The van der Waals surface area contributed by atoms with Crippen LogP contribution in [0.3, 0.4) is 0 Å². The molecule has 1 aromatic carbocycles. The summed E-state index contributed by atoms with van der Waals surface area (Å²) in [5.74, 6) is 0.165. The monoisotopic (exact) mass is 552 g/mol. The van der Waals surface area contributed by atoms with Gasteiger partial charge in [-0.15, -0.1) is 0 Å². The normalized spacial score (nSPS) is 20.1. The number of nitrogens with one attached hydrogen (secondary N) is 2. The number of benzene rings is 1. The number of nitrogens with zero attached hydrogens (tertiary/aromatic N) is 2. The van der Waals surface area contributed by atoms with Crippen LogP contribution >= 0.6 is 10.2 Å². The maximum absolute atomic E-state index is 13.4. The zero-order chi connectivity index (χ0) is 27.1. The fraction of sp³-hybridized carbons (Fsp3) is 0.522. The van der Waals surface area contributed by atoms with Crippen LogP contribution in [0.1, 0.15) is 54.7 Å². The molecule has 4 rings (SSSR count). The van der Waals surface area contributed by atoms with Crippen molar-refractivity contribution in [2.75, 3.05) is 32.2 Å². The fourth-order valence-electron chi connectivity index (χ4n) is 4.19. The Morgan fingerprint density at radius 2 is 1.86 bits per heavy atom. The Bertz CT molecular complexity index is 1190. The molecule has 206 valence electrons. The Labute approximate surface area is 211 Å². The Morgan fingerprint density at radius 3 is 2.46 bits per heavy atom. The number of carbonyl (C=O) groups is 1. The van der Waals surface area contributed by atoms with Crippen LogP contribution in [0.25, 0.3) is 0 Å². The zero-order valence-electron chi connectivity index (χ0n) is 20.5. The van der Waals surface area contributed by atoms with Gasteiger partial charge in [0.2, 0.25) is 5.91 Å². The van der Waals surface area contributed by atoms with Gasteiger partial charge in [-0.3, -0.25) is 4.79 Å². The fourth-order valence-corrected chi connectivity index (χ4v) is 4.89. The zero-order valence-corrected chi connectivity index (χ0v) is 21.3. The predicted molar refractivity (Wildman–Crippen MR) is 127 cm³/mol. The summed E-state index contributed by atoms with van der Waals surface area (Å²) >= 11 is 0. The number of aromatic nitrogens is 2. The molecule has 0 spiro atoms. The number of carbonyl (C=O) groups excluding carboxylic acids is 1. The third-order valence-corrected chi connectivity index (χ3v) is 7.30. The number of hydrogen-bond donors (Lipinski definition) is 2. The van der Waals surface area contributed by atoms with E-state index in [0.29, 0.717) is 30.0 Å². The van der Waals surface area contributed by atoms with Crippen LogP contribution in [0.2, 0.25) is 0 Å². The van der Waals surface area contributed by atoms with Gasteiger partial charge in [0.15, 0.2) is 6.29 Å². The first-order chi connectivity index (χ1) is 17.1. The Balaban J connectivity index is 1.64. The summed E-state index contributed by atoms with van der Waals surface area (Å²) in [6, 6.07) is 2.15. The van der Waals surface area contributed by atoms with Crippen LogP contribution < -0.4 is 10.6 Å². The molecule has 2 heterocycles. The number of methoxy groups -OCH3 is 1. The number of hydrogen-bond acceptors (Lipinski definition) is 7. The predicted octanol–water partition coefficient (Wildman–Crippen LogP) is 5.50. The average Bonchev–Trinajstić information content (AvgIpc) is 3.30. The van der Waals surface area contributed by atoms with Crippen molar-refractivity contribution in [3.05, 3.63) is 46.9 Å². The lowest BCUT2D eigenvalue weighted by Crippen LogP contribution is -2.41. The lowest BCUT2D eigenvalue weighted by molar-refractivity contribution is -0.122. The second-order valence-electron chi connectivity index (χ2n) is 9.40. The van der Waals surface area contributed by atoms with E-state index in [1.807, 2.05) is 0 Å². The molecular formula is C23H29F5N4O4S. The van der Waals surface area contributed by atoms with Crippen molar-refractivity contribution in [2.45, 2.75) is 55.9 Å². The molecular weight excluding hydrogens is 523 g/mol. The van der Waals surface area contributed by atoms with Gasteiger partial charge in [-0.2, -0.15) is 0 Å². The quantitative estimate of drug-likeness (QED) is 0.376. The minimum Gasteiger partial charge on any atom is -0.382 e. The average molecular weight is 553 g/mol. The van der Waals surface area contributed by atoms with Gasteiger partial charge in [-0.25, -0.2) is 9.97 Å². The van der Waals surface area contributed by atoms with Gasteiger partial charge in [0, 0.05) is 13.2 Å². The highest BCUT2D eigenvalue weighted by molar-refractivity contribution is 8.45. The van der Waals surface area contributed by atoms with E-state index in [9.17, 15) is 24.2 Å². The Morgan fingerprint density at radius 1 is 1.19 bits per heavy atom. The summed E-state index contributed by atoms with van der Waals surface area (Å²) in [5, 5.41) is 5.95. The van der Waals surface area contributed by atoms with E-state index >= 15 is 0 Å². The van der Waals surface area contributed by atoms with E-state index in [1.54, 1.807) is 14.0 Å². The molecule has 1 saturated heterocycles. The van der Waals surface area contributed by atoms with E-state index in [2.05, 4.69) is 20.6 Å². The molecule has 2 N–H and O–H groups in total. The minimum atomic E-state index is -9.86. The van der Waals surface area contributed by atoms with Crippen molar-refractivity contribution in [2.24, 2.45) is 0 Å². The van der Waals surface area contributed by atoms with Crippen molar-refractivity contribution < 1.29 is 38.4 Å². The van der Waals surface area contributed by atoms with Gasteiger partial charge in [0.05, 0.1) is 43.0 Å². The van der Waals surface area contributed by atoms with Gasteiger partial charge in [0.1, 0.15) is 16.5 Å². The van der Waals surface area contributed by atoms with E-state index in [0.717, 1.165) is 18.9 Å². The maximum atomic E-state index is 13.4. The third kappa shape index (κ3) is 6.67. The highest BCUT2D eigenvalue weighted by atomic mass is 32.5. The molecule has 1 aliphatic heterocycles. The standard InChI is InChI=1S/C23H29F5N4O4S/c1-14(16-5-4-6-17(11-16)37(24,25,26,27)28)29-21-20(22-35-9-10-36-22)18(30-15(2)31-21)12-19(33)32-23(7-8-23)13-34-3/h4-6,11,14,22H,7-10,12-13H2,1-3H3,(H,32,33)(H,29,30,31)/t14-/m1/s1. The number of amides is 1. The molecule has 2 aliphatic rings. The molecule has 1 saturated carbocycles. The Hall–Kier alpha value is -2.55. The first kappa shape index (κ1) is 27.5. The van der Waals surface area contributed by atoms with Crippen molar-refractivity contribution in [3.63, 3.8) is 0 Å². The highest BCUT2D eigenvalue weighted by Gasteiger charge is 2.65. The SMILES string of the molecule is COCC1(NC(=O)Cc2nc(C)nc(N[C@H](C)c3cccc(S(F)(F)(F)(F)F)c3)c2C2OCCO2)CC1. The second kappa shape index (κ2) is 9.03. The van der Waals surface area contributed by atoms with Crippen molar-refractivity contribution in [1.82, 2.24) is 15.3 Å². The van der Waals surface area contributed by atoms with Crippen molar-refractivity contribution in [3.8, 4) is 0 Å². The van der Waals surface area contributed by atoms with Crippen LogP contribution in [0, 0.1) is 6.92 Å². The molecule has 1 aliphatic carbocycles. The van der Waals surface area contributed by atoms with Gasteiger partial charge >= 0.3 is 10.2 Å². The number of aryl methyl sites for hydroxylation is 1. The lowest BCUT2D eigenvalue weighted by atomic mass is 10.1. The molecule has 2 aromatic rings. The summed E-state index contributed by atoms with van der Waals surface area (Å²) in [6.45, 7) is 4.05. The summed E-state index contributed by atoms with van der Waals surface area (Å²) in [4.78, 5) is 19.7. The molecule has 1 aromatic heterocycles. The largest absolute Gasteiger partial charge is 0.382 e. The van der Waals surface area contributed by atoms with Crippen molar-refractivity contribution in [1.29, 1.82) is 0 Å². The summed E-state index contributed by atoms with van der Waals surface area (Å²) in [5.41, 5.74) is 0.208. The van der Waals surface area contributed by atoms with Crippen LogP contribution in [-0.2, 0) is 25.4 Å². The molecule has 0 unspecified atom stereocenters. The summed E-state index contributed by atoms with van der Waals surface area (Å²) in [6.07, 6.45) is 0.539. The lowest BCUT2D eigenvalue weighted by Gasteiger charge is -2.40. The molecule has 2 fully saturated rings. The van der Waals surface area contributed by atoms with E-state index < -0.39 is 33.0 Å². The number of halogens is 5. The minimum absolute atomic E-state index is 0.0317. The van der Waals surface area contributed by atoms with E-state index in [1.165, 1.54) is 13.0 Å².